The van der Waals surface area contributed by atoms with Gasteiger partial charge in [0, 0.05) is 11.5 Å². The first-order valence-electron chi connectivity index (χ1n) is 5.88. The molecule has 2 rings (SSSR count). The minimum absolute atomic E-state index is 0.197. The summed E-state index contributed by atoms with van der Waals surface area (Å²) in [5, 5.41) is 0. The van der Waals surface area contributed by atoms with E-state index in [1.807, 2.05) is 45.0 Å². The van der Waals surface area contributed by atoms with Gasteiger partial charge in [-0.15, -0.1) is 0 Å². The van der Waals surface area contributed by atoms with Gasteiger partial charge in [0.1, 0.15) is 11.4 Å². The number of hydrogen-bond acceptors (Lipinski definition) is 3. The summed E-state index contributed by atoms with van der Waals surface area (Å²) in [6.07, 6.45) is 1.04. The molecule has 1 aromatic rings. The van der Waals surface area contributed by atoms with Gasteiger partial charge < -0.3 is 4.74 Å². The Hall–Kier alpha value is -1.03. The average Bonchev–Trinajstić information content (AvgIpc) is 2.16. The lowest BCUT2D eigenvalue weighted by molar-refractivity contribution is 0.131. The molecule has 1 aliphatic rings. The lowest BCUT2D eigenvalue weighted by atomic mass is 10.2. The molecule has 0 radical (unpaired) electrons. The van der Waals surface area contributed by atoms with Crippen LogP contribution in [-0.4, -0.2) is 21.3 Å². The van der Waals surface area contributed by atoms with E-state index in [4.69, 9.17) is 4.74 Å². The van der Waals surface area contributed by atoms with E-state index in [9.17, 15) is 4.21 Å². The van der Waals surface area contributed by atoms with Gasteiger partial charge in [0.15, 0.2) is 0 Å². The van der Waals surface area contributed by atoms with Gasteiger partial charge >= 0.3 is 0 Å². The standard InChI is InChI=1S/C13H19NO2S/c1-13(2,3)16-12-7-5-11(6-8-12)14-17(15)9-4-10-17/h5-8H,4,9-10H2,1-3H3. The highest BCUT2D eigenvalue weighted by Gasteiger charge is 2.19. The topological polar surface area (TPSA) is 38.7 Å². The van der Waals surface area contributed by atoms with Crippen LogP contribution in [0.15, 0.2) is 28.6 Å². The van der Waals surface area contributed by atoms with Gasteiger partial charge in [0.05, 0.1) is 15.4 Å². The Morgan fingerprint density at radius 3 is 2.18 bits per heavy atom. The molecular formula is C13H19NO2S. The SMILES string of the molecule is CC(C)(C)Oc1ccc(N=S2(=O)CCC2)cc1. The fraction of sp³-hybridized carbons (Fsp3) is 0.538. The van der Waals surface area contributed by atoms with Crippen LogP contribution in [0.5, 0.6) is 5.75 Å². The van der Waals surface area contributed by atoms with Gasteiger partial charge in [-0.1, -0.05) is 0 Å². The van der Waals surface area contributed by atoms with Gasteiger partial charge in [0.2, 0.25) is 0 Å². The van der Waals surface area contributed by atoms with Crippen molar-refractivity contribution in [1.29, 1.82) is 0 Å². The van der Waals surface area contributed by atoms with Crippen molar-refractivity contribution in [3.63, 3.8) is 0 Å². The van der Waals surface area contributed by atoms with Crippen molar-refractivity contribution >= 4 is 15.4 Å². The summed E-state index contributed by atoms with van der Waals surface area (Å²) in [6.45, 7) is 6.03. The summed E-state index contributed by atoms with van der Waals surface area (Å²) in [5.74, 6) is 2.31. The summed E-state index contributed by atoms with van der Waals surface area (Å²) < 4.78 is 21.9. The third-order valence-corrected chi connectivity index (χ3v) is 4.86. The first kappa shape index (κ1) is 12.4. The zero-order chi connectivity index (χ0) is 12.5. The monoisotopic (exact) mass is 253 g/mol. The van der Waals surface area contributed by atoms with Gasteiger partial charge in [0.25, 0.3) is 0 Å². The maximum Gasteiger partial charge on any atom is 0.120 e. The highest BCUT2D eigenvalue weighted by Crippen LogP contribution is 2.25. The minimum Gasteiger partial charge on any atom is -0.488 e. The number of benzene rings is 1. The molecule has 0 aliphatic carbocycles. The third kappa shape index (κ3) is 3.46. The molecule has 0 saturated carbocycles. The zero-order valence-corrected chi connectivity index (χ0v) is 11.4. The molecule has 1 fully saturated rings. The van der Waals surface area contributed by atoms with Gasteiger partial charge in [-0.05, 0) is 51.5 Å². The van der Waals surface area contributed by atoms with Crippen molar-refractivity contribution < 1.29 is 8.95 Å². The second kappa shape index (κ2) is 4.33. The number of hydrogen-bond donors (Lipinski definition) is 0. The van der Waals surface area contributed by atoms with Crippen LogP contribution in [0.3, 0.4) is 0 Å². The predicted octanol–water partition coefficient (Wildman–Crippen LogP) is 3.37. The second-order valence-electron chi connectivity index (χ2n) is 5.33. The highest BCUT2D eigenvalue weighted by molar-refractivity contribution is 7.95. The molecule has 0 spiro atoms. The Kier molecular flexibility index (Phi) is 3.17. The fourth-order valence-corrected chi connectivity index (χ4v) is 3.07. The molecule has 0 amide bonds. The molecule has 17 heavy (non-hydrogen) atoms. The molecular weight excluding hydrogens is 234 g/mol. The van der Waals surface area contributed by atoms with Crippen LogP contribution in [0.25, 0.3) is 0 Å². The maximum atomic E-state index is 11.9. The van der Waals surface area contributed by atoms with E-state index >= 15 is 0 Å². The van der Waals surface area contributed by atoms with Crippen molar-refractivity contribution in [2.45, 2.75) is 32.8 Å². The van der Waals surface area contributed by atoms with E-state index in [0.717, 1.165) is 29.4 Å². The number of nitrogens with zero attached hydrogens (tertiary/aromatic N) is 1. The van der Waals surface area contributed by atoms with Crippen molar-refractivity contribution in [2.75, 3.05) is 11.5 Å². The normalized spacial score (nSPS) is 18.3. The average molecular weight is 253 g/mol. The van der Waals surface area contributed by atoms with E-state index in [1.54, 1.807) is 0 Å². The molecule has 0 N–H and O–H groups in total. The molecule has 0 bridgehead atoms. The van der Waals surface area contributed by atoms with Crippen LogP contribution >= 0.6 is 0 Å². The summed E-state index contributed by atoms with van der Waals surface area (Å²) in [4.78, 5) is 0. The lowest BCUT2D eigenvalue weighted by Crippen LogP contribution is -2.23. The molecule has 4 heteroatoms. The molecule has 3 nitrogen and oxygen atoms in total. The molecule has 0 atom stereocenters. The van der Waals surface area contributed by atoms with Crippen LogP contribution in [0.1, 0.15) is 27.2 Å². The van der Waals surface area contributed by atoms with E-state index in [0.29, 0.717) is 0 Å². The quantitative estimate of drug-likeness (QED) is 0.810. The summed E-state index contributed by atoms with van der Waals surface area (Å²) in [7, 11) is -1.91. The zero-order valence-electron chi connectivity index (χ0n) is 10.6. The van der Waals surface area contributed by atoms with Gasteiger partial charge in [-0.25, -0.2) is 4.21 Å². The van der Waals surface area contributed by atoms with Crippen molar-refractivity contribution in [3.8, 4) is 5.75 Å². The summed E-state index contributed by atoms with van der Waals surface area (Å²) in [5.41, 5.74) is 0.591. The van der Waals surface area contributed by atoms with E-state index < -0.39 is 9.73 Å². The molecule has 1 aliphatic heterocycles. The molecule has 94 valence electrons. The highest BCUT2D eigenvalue weighted by atomic mass is 32.2. The smallest absolute Gasteiger partial charge is 0.120 e. The maximum absolute atomic E-state index is 11.9. The minimum atomic E-state index is -1.91. The van der Waals surface area contributed by atoms with E-state index in [-0.39, 0.29) is 5.60 Å². The Balaban J connectivity index is 2.14. The van der Waals surface area contributed by atoms with E-state index in [1.165, 1.54) is 0 Å². The van der Waals surface area contributed by atoms with Crippen LogP contribution in [-0.2, 0) is 9.73 Å². The van der Waals surface area contributed by atoms with Crippen LogP contribution in [0.4, 0.5) is 5.69 Å². The lowest BCUT2D eigenvalue weighted by Gasteiger charge is -2.21. The summed E-state index contributed by atoms with van der Waals surface area (Å²) >= 11 is 0. The Morgan fingerprint density at radius 2 is 1.76 bits per heavy atom. The van der Waals surface area contributed by atoms with Crippen molar-refractivity contribution in [1.82, 2.24) is 0 Å². The molecule has 1 saturated heterocycles. The van der Waals surface area contributed by atoms with Crippen molar-refractivity contribution in [3.05, 3.63) is 24.3 Å². The summed E-state index contributed by atoms with van der Waals surface area (Å²) in [6, 6.07) is 7.50. The van der Waals surface area contributed by atoms with Gasteiger partial charge in [-0.2, -0.15) is 4.36 Å². The predicted molar refractivity (Wildman–Crippen MR) is 71.4 cm³/mol. The Bertz CT molecular complexity index is 495. The largest absolute Gasteiger partial charge is 0.488 e. The first-order chi connectivity index (χ1) is 7.86. The van der Waals surface area contributed by atoms with E-state index in [2.05, 4.69) is 4.36 Å². The molecule has 1 heterocycles. The number of rotatable bonds is 2. The fourth-order valence-electron chi connectivity index (χ4n) is 1.60. The Morgan fingerprint density at radius 1 is 1.18 bits per heavy atom. The van der Waals surface area contributed by atoms with Crippen LogP contribution in [0.2, 0.25) is 0 Å². The van der Waals surface area contributed by atoms with Gasteiger partial charge in [-0.3, -0.25) is 0 Å². The molecule has 0 aromatic heterocycles. The Labute approximate surface area is 103 Å². The third-order valence-electron chi connectivity index (χ3n) is 2.46. The van der Waals surface area contributed by atoms with Crippen LogP contribution < -0.4 is 4.74 Å². The number of ether oxygens (including phenoxy) is 1. The molecule has 0 unspecified atom stereocenters. The first-order valence-corrected chi connectivity index (χ1v) is 7.73. The van der Waals surface area contributed by atoms with Crippen molar-refractivity contribution in [2.24, 2.45) is 4.36 Å². The van der Waals surface area contributed by atoms with Crippen LogP contribution in [0, 0.1) is 0 Å². The second-order valence-corrected chi connectivity index (χ2v) is 7.88. The molecule has 1 aromatic carbocycles.